The van der Waals surface area contributed by atoms with Gasteiger partial charge in [-0.05, 0) is 46.9 Å². The van der Waals surface area contributed by atoms with Crippen LogP contribution in [-0.4, -0.2) is 19.3 Å². The lowest BCUT2D eigenvalue weighted by atomic mass is 10.2. The molecule has 0 saturated heterocycles. The minimum Gasteiger partial charge on any atom is -0.496 e. The molecule has 0 atom stereocenters. The monoisotopic (exact) mass is 371 g/mol. The third kappa shape index (κ3) is 3.57. The highest BCUT2D eigenvalue weighted by atomic mass is 127. The van der Waals surface area contributed by atoms with E-state index in [1.165, 1.54) is 18.7 Å². The van der Waals surface area contributed by atoms with Crippen LogP contribution in [0.2, 0.25) is 0 Å². The van der Waals surface area contributed by atoms with Crippen LogP contribution in [-0.2, 0) is 4.84 Å². The molecule has 5 nitrogen and oxygen atoms in total. The van der Waals surface area contributed by atoms with Crippen LogP contribution in [0.15, 0.2) is 46.4 Å². The second-order valence-corrected chi connectivity index (χ2v) is 4.68. The number of furan rings is 1. The highest BCUT2D eigenvalue weighted by molar-refractivity contribution is 14.1. The van der Waals surface area contributed by atoms with E-state index in [1.807, 2.05) is 0 Å². The molecule has 2 aromatic rings. The quantitative estimate of drug-likeness (QED) is 0.359. The van der Waals surface area contributed by atoms with E-state index in [-0.39, 0.29) is 0 Å². The summed E-state index contributed by atoms with van der Waals surface area (Å²) in [5.74, 6) is 0.180. The molecule has 1 heterocycles. The van der Waals surface area contributed by atoms with Crippen LogP contribution in [0.1, 0.15) is 15.9 Å². The van der Waals surface area contributed by atoms with Crippen molar-refractivity contribution in [3.05, 3.63) is 51.5 Å². The number of rotatable bonds is 4. The lowest BCUT2D eigenvalue weighted by Gasteiger charge is -2.04. The molecule has 0 N–H and O–H groups in total. The molecule has 0 fully saturated rings. The zero-order valence-electron chi connectivity index (χ0n) is 10.00. The van der Waals surface area contributed by atoms with Gasteiger partial charge in [-0.15, -0.1) is 0 Å². The van der Waals surface area contributed by atoms with Crippen LogP contribution >= 0.6 is 22.6 Å². The van der Waals surface area contributed by atoms with Gasteiger partial charge in [-0.1, -0.05) is 5.16 Å². The number of ether oxygens (including phenoxy) is 1. The highest BCUT2D eigenvalue weighted by Gasteiger charge is 2.09. The van der Waals surface area contributed by atoms with Crippen LogP contribution in [0.25, 0.3) is 0 Å². The van der Waals surface area contributed by atoms with Gasteiger partial charge in [0.2, 0.25) is 0 Å². The Morgan fingerprint density at radius 2 is 2.26 bits per heavy atom. The van der Waals surface area contributed by atoms with Gasteiger partial charge in [0.05, 0.1) is 35.0 Å². The molecular weight excluding hydrogens is 361 g/mol. The van der Waals surface area contributed by atoms with Crippen LogP contribution in [0, 0.1) is 3.57 Å². The first-order valence-electron chi connectivity index (χ1n) is 5.31. The lowest BCUT2D eigenvalue weighted by molar-refractivity contribution is 0.0519. The zero-order chi connectivity index (χ0) is 13.7. The molecule has 0 aliphatic carbocycles. The summed E-state index contributed by atoms with van der Waals surface area (Å²) in [7, 11) is 1.57. The number of oxime groups is 1. The minimum atomic E-state index is -0.527. The molecule has 0 radical (unpaired) electrons. The average Bonchev–Trinajstić information content (AvgIpc) is 2.91. The topological polar surface area (TPSA) is 61.0 Å². The fourth-order valence-electron chi connectivity index (χ4n) is 1.33. The molecule has 2 rings (SSSR count). The van der Waals surface area contributed by atoms with E-state index in [1.54, 1.807) is 31.4 Å². The fraction of sp³-hybridized carbons (Fsp3) is 0.0769. The number of hydrogen-bond acceptors (Lipinski definition) is 5. The summed E-state index contributed by atoms with van der Waals surface area (Å²) >= 11 is 2.08. The smallest absolute Gasteiger partial charge is 0.365 e. The van der Waals surface area contributed by atoms with E-state index in [9.17, 15) is 4.79 Å². The van der Waals surface area contributed by atoms with Crippen molar-refractivity contribution in [2.75, 3.05) is 7.11 Å². The Bertz CT molecular complexity index is 593. The Balaban J connectivity index is 2.02. The number of carbonyl (C=O) groups excluding carboxylic acids is 1. The van der Waals surface area contributed by atoms with Gasteiger partial charge in [0.1, 0.15) is 5.75 Å². The highest BCUT2D eigenvalue weighted by Crippen LogP contribution is 2.21. The van der Waals surface area contributed by atoms with Gasteiger partial charge < -0.3 is 14.0 Å². The molecule has 0 aliphatic heterocycles. The normalized spacial score (nSPS) is 10.6. The van der Waals surface area contributed by atoms with E-state index >= 15 is 0 Å². The molecule has 1 aromatic heterocycles. The summed E-state index contributed by atoms with van der Waals surface area (Å²) < 4.78 is 10.8. The number of halogens is 1. The van der Waals surface area contributed by atoms with Gasteiger partial charge in [0.15, 0.2) is 0 Å². The number of methoxy groups -OCH3 is 1. The molecule has 0 amide bonds. The van der Waals surface area contributed by atoms with Gasteiger partial charge in [0, 0.05) is 5.56 Å². The number of benzene rings is 1. The molecule has 19 heavy (non-hydrogen) atoms. The van der Waals surface area contributed by atoms with Crippen molar-refractivity contribution in [1.29, 1.82) is 0 Å². The molecule has 0 spiro atoms. The number of carbonyl (C=O) groups is 1. The minimum absolute atomic E-state index is 0.412. The Morgan fingerprint density at radius 3 is 2.89 bits per heavy atom. The van der Waals surface area contributed by atoms with Gasteiger partial charge in [-0.25, -0.2) is 4.79 Å². The first-order valence-corrected chi connectivity index (χ1v) is 6.39. The Kier molecular flexibility index (Phi) is 4.56. The molecule has 0 bridgehead atoms. The first kappa shape index (κ1) is 13.6. The van der Waals surface area contributed by atoms with Crippen LogP contribution in [0.5, 0.6) is 5.75 Å². The van der Waals surface area contributed by atoms with Crippen molar-refractivity contribution in [2.24, 2.45) is 5.16 Å². The predicted molar refractivity (Wildman–Crippen MR) is 77.4 cm³/mol. The second-order valence-electron chi connectivity index (χ2n) is 3.52. The van der Waals surface area contributed by atoms with Crippen molar-refractivity contribution in [2.45, 2.75) is 0 Å². The maximum absolute atomic E-state index is 11.7. The predicted octanol–water partition coefficient (Wildman–Crippen LogP) is 3.08. The van der Waals surface area contributed by atoms with Crippen molar-refractivity contribution >= 4 is 34.8 Å². The lowest BCUT2D eigenvalue weighted by Crippen LogP contribution is -2.02. The van der Waals surface area contributed by atoms with E-state index in [2.05, 4.69) is 27.7 Å². The molecule has 98 valence electrons. The summed E-state index contributed by atoms with van der Waals surface area (Å²) in [5.41, 5.74) is 1.13. The van der Waals surface area contributed by atoms with Crippen LogP contribution in [0.4, 0.5) is 0 Å². The van der Waals surface area contributed by atoms with Crippen molar-refractivity contribution in [3.8, 4) is 5.75 Å². The largest absolute Gasteiger partial charge is 0.496 e. The molecule has 0 unspecified atom stereocenters. The van der Waals surface area contributed by atoms with Gasteiger partial charge in [-0.2, -0.15) is 0 Å². The number of hydrogen-bond donors (Lipinski definition) is 0. The zero-order valence-corrected chi connectivity index (χ0v) is 12.2. The number of nitrogens with zero attached hydrogens (tertiary/aromatic N) is 1. The molecule has 0 saturated carbocycles. The SMILES string of the molecule is COc1ccc(C(=O)ON=Cc2ccoc2)cc1I. The Labute approximate surface area is 123 Å². The summed E-state index contributed by atoms with van der Waals surface area (Å²) in [6.45, 7) is 0. The molecule has 6 heteroatoms. The van der Waals surface area contributed by atoms with Crippen LogP contribution < -0.4 is 4.74 Å². The summed E-state index contributed by atoms with van der Waals surface area (Å²) in [6.07, 6.45) is 4.40. The second kappa shape index (κ2) is 6.37. The summed E-state index contributed by atoms with van der Waals surface area (Å²) in [6, 6.07) is 6.71. The van der Waals surface area contributed by atoms with E-state index in [0.717, 1.165) is 9.13 Å². The van der Waals surface area contributed by atoms with E-state index in [0.29, 0.717) is 11.3 Å². The third-order valence-corrected chi connectivity index (χ3v) is 3.11. The summed E-state index contributed by atoms with van der Waals surface area (Å²) in [4.78, 5) is 16.5. The van der Waals surface area contributed by atoms with Gasteiger partial charge in [-0.3, -0.25) is 0 Å². The van der Waals surface area contributed by atoms with Gasteiger partial charge in [0.25, 0.3) is 0 Å². The fourth-order valence-corrected chi connectivity index (χ4v) is 2.07. The van der Waals surface area contributed by atoms with Crippen molar-refractivity contribution in [1.82, 2.24) is 0 Å². The molecule has 0 aliphatic rings. The molecular formula is C13H10INO4. The van der Waals surface area contributed by atoms with E-state index in [4.69, 9.17) is 14.0 Å². The Hall–Kier alpha value is -1.83. The molecule has 1 aromatic carbocycles. The first-order chi connectivity index (χ1) is 9.20. The van der Waals surface area contributed by atoms with Crippen LogP contribution in [0.3, 0.4) is 0 Å². The van der Waals surface area contributed by atoms with Crippen molar-refractivity contribution in [3.63, 3.8) is 0 Å². The van der Waals surface area contributed by atoms with Crippen molar-refractivity contribution < 1.29 is 18.8 Å². The maximum atomic E-state index is 11.7. The van der Waals surface area contributed by atoms with E-state index < -0.39 is 5.97 Å². The third-order valence-electron chi connectivity index (χ3n) is 2.27. The standard InChI is InChI=1S/C13H10INO4/c1-17-12-3-2-10(6-11(12)14)13(16)19-15-7-9-4-5-18-8-9/h2-8H,1H3. The average molecular weight is 371 g/mol. The Morgan fingerprint density at radius 1 is 1.42 bits per heavy atom. The summed E-state index contributed by atoms with van der Waals surface area (Å²) in [5, 5.41) is 3.59. The maximum Gasteiger partial charge on any atom is 0.365 e. The van der Waals surface area contributed by atoms with Gasteiger partial charge >= 0.3 is 5.97 Å².